The highest BCUT2D eigenvalue weighted by atomic mass is 16.3. The van der Waals surface area contributed by atoms with Crippen molar-refractivity contribution in [1.82, 2.24) is 0 Å². The van der Waals surface area contributed by atoms with Gasteiger partial charge in [0.15, 0.2) is 0 Å². The van der Waals surface area contributed by atoms with Gasteiger partial charge >= 0.3 is 0 Å². The molecule has 0 aliphatic heterocycles. The summed E-state index contributed by atoms with van der Waals surface area (Å²) in [4.78, 5) is 0. The van der Waals surface area contributed by atoms with E-state index in [9.17, 15) is 10.2 Å². The highest BCUT2D eigenvalue weighted by Gasteiger charge is 2.35. The Kier molecular flexibility index (Phi) is 2.25. The Labute approximate surface area is 59.8 Å². The van der Waals surface area contributed by atoms with Gasteiger partial charge in [0.05, 0.1) is 12.1 Å². The van der Waals surface area contributed by atoms with Crippen molar-refractivity contribution < 1.29 is 15.9 Å². The fourth-order valence-electron chi connectivity index (χ4n) is 1.29. The number of hydrogen-bond donors (Lipinski definition) is 4. The maximum atomic E-state index is 9.21. The quantitative estimate of drug-likeness (QED) is 0.303. The first-order chi connectivity index (χ1) is 4.63. The largest absolute Gasteiger partial charge is 0.391 e. The first-order valence-electron chi connectivity index (χ1n) is 3.57. The van der Waals surface area contributed by atoms with Crippen molar-refractivity contribution >= 4 is 0 Å². The summed E-state index contributed by atoms with van der Waals surface area (Å²) < 4.78 is 0. The Morgan fingerprint density at radius 2 is 1.70 bits per heavy atom. The lowest BCUT2D eigenvalue weighted by Gasteiger charge is -2.31. The lowest BCUT2D eigenvalue weighted by atomic mass is 9.87. The van der Waals surface area contributed by atoms with Crippen LogP contribution in [-0.4, -0.2) is 34.5 Å². The van der Waals surface area contributed by atoms with E-state index in [0.717, 1.165) is 0 Å². The van der Waals surface area contributed by atoms with Crippen molar-refractivity contribution in [2.45, 2.75) is 37.1 Å². The van der Waals surface area contributed by atoms with Crippen molar-refractivity contribution in [3.63, 3.8) is 0 Å². The fourth-order valence-corrected chi connectivity index (χ4v) is 1.29. The van der Waals surface area contributed by atoms with Gasteiger partial charge < -0.3 is 21.7 Å². The minimum absolute atomic E-state index is 0.219. The minimum Gasteiger partial charge on any atom is -0.391 e. The van der Waals surface area contributed by atoms with E-state index >= 15 is 0 Å². The highest BCUT2D eigenvalue weighted by Crippen LogP contribution is 2.15. The predicted molar refractivity (Wildman–Crippen MR) is 35.9 cm³/mol. The first kappa shape index (κ1) is 7.94. The van der Waals surface area contributed by atoms with Crippen LogP contribution in [0, 0.1) is 0 Å². The van der Waals surface area contributed by atoms with Crippen molar-refractivity contribution in [2.24, 2.45) is 5.73 Å². The van der Waals surface area contributed by atoms with Gasteiger partial charge in [0, 0.05) is 0 Å². The summed E-state index contributed by atoms with van der Waals surface area (Å²) in [6.45, 7) is 0. The summed E-state index contributed by atoms with van der Waals surface area (Å²) in [5.41, 5.74) is 9.21. The Balaban J connectivity index is 2.52. The van der Waals surface area contributed by atoms with E-state index in [1.807, 2.05) is 0 Å². The molecular formula is C6H15N2O2+. The zero-order valence-corrected chi connectivity index (χ0v) is 5.90. The van der Waals surface area contributed by atoms with Gasteiger partial charge in [-0.05, 0) is 12.8 Å². The van der Waals surface area contributed by atoms with E-state index in [0.29, 0.717) is 12.8 Å². The van der Waals surface area contributed by atoms with Crippen molar-refractivity contribution in [1.29, 1.82) is 0 Å². The Hall–Kier alpha value is -0.160. The topological polar surface area (TPSA) is 94.1 Å². The predicted octanol–water partition coefficient (Wildman–Crippen LogP) is -2.56. The van der Waals surface area contributed by atoms with Gasteiger partial charge in [0.1, 0.15) is 12.1 Å². The Morgan fingerprint density at radius 3 is 2.20 bits per heavy atom. The number of hydrogen-bond acceptors (Lipinski definition) is 3. The van der Waals surface area contributed by atoms with Crippen molar-refractivity contribution in [3.05, 3.63) is 0 Å². The minimum atomic E-state index is -0.481. The zero-order chi connectivity index (χ0) is 7.72. The summed E-state index contributed by atoms with van der Waals surface area (Å²) in [6.07, 6.45) is 0.293. The molecule has 0 aromatic rings. The first-order valence-corrected chi connectivity index (χ1v) is 3.57. The Morgan fingerprint density at radius 1 is 1.20 bits per heavy atom. The van der Waals surface area contributed by atoms with Crippen LogP contribution in [0.3, 0.4) is 0 Å². The number of quaternary nitrogens is 1. The molecule has 1 aliphatic rings. The molecule has 7 N–H and O–H groups in total. The maximum absolute atomic E-state index is 9.21. The summed E-state index contributed by atoms with van der Waals surface area (Å²) in [7, 11) is 0. The molecule has 0 spiro atoms. The second-order valence-electron chi connectivity index (χ2n) is 2.95. The summed E-state index contributed by atoms with van der Waals surface area (Å²) in [6, 6.07) is -0.576. The lowest BCUT2D eigenvalue weighted by Crippen LogP contribution is -2.77. The van der Waals surface area contributed by atoms with Crippen LogP contribution in [-0.2, 0) is 0 Å². The Bertz CT molecular complexity index is 106. The molecule has 4 unspecified atom stereocenters. The van der Waals surface area contributed by atoms with Crippen LogP contribution in [0.1, 0.15) is 12.8 Å². The molecule has 1 rings (SSSR count). The van der Waals surface area contributed by atoms with Crippen molar-refractivity contribution in [3.8, 4) is 0 Å². The fraction of sp³-hybridized carbons (Fsp3) is 1.00. The number of rotatable bonds is 0. The number of nitrogens with two attached hydrogens (primary N) is 1. The van der Waals surface area contributed by atoms with E-state index in [1.54, 1.807) is 0 Å². The van der Waals surface area contributed by atoms with E-state index in [-0.39, 0.29) is 12.1 Å². The van der Waals surface area contributed by atoms with E-state index < -0.39 is 12.2 Å². The molecule has 0 heterocycles. The van der Waals surface area contributed by atoms with Gasteiger partial charge in [-0.25, -0.2) is 0 Å². The SMILES string of the molecule is NC1C(O)CCC(O)C1[NH3+]. The van der Waals surface area contributed by atoms with Gasteiger partial charge in [-0.15, -0.1) is 0 Å². The smallest absolute Gasteiger partial charge is 0.128 e. The molecule has 1 fully saturated rings. The maximum Gasteiger partial charge on any atom is 0.128 e. The highest BCUT2D eigenvalue weighted by molar-refractivity contribution is 4.88. The molecule has 1 aliphatic carbocycles. The van der Waals surface area contributed by atoms with Gasteiger partial charge in [-0.2, -0.15) is 0 Å². The average Bonchev–Trinajstić information content (AvgIpc) is 1.93. The summed E-state index contributed by atoms with van der Waals surface area (Å²) in [5.74, 6) is 0. The number of aliphatic hydroxyl groups excluding tert-OH is 2. The average molecular weight is 147 g/mol. The van der Waals surface area contributed by atoms with E-state index in [1.165, 1.54) is 0 Å². The van der Waals surface area contributed by atoms with Crippen molar-refractivity contribution in [2.75, 3.05) is 0 Å². The van der Waals surface area contributed by atoms with Crippen LogP contribution in [0.25, 0.3) is 0 Å². The van der Waals surface area contributed by atoms with Crippen LogP contribution in [0.5, 0.6) is 0 Å². The standard InChI is InChI=1S/C6H14N2O2/c7-5-3(9)1-2-4(10)6(5)8/h3-6,9-10H,1-2,7-8H2/p+1. The van der Waals surface area contributed by atoms with Crippen LogP contribution >= 0.6 is 0 Å². The van der Waals surface area contributed by atoms with Crippen LogP contribution in [0.4, 0.5) is 0 Å². The van der Waals surface area contributed by atoms with Gasteiger partial charge in [0.2, 0.25) is 0 Å². The molecule has 60 valence electrons. The lowest BCUT2D eigenvalue weighted by molar-refractivity contribution is -0.450. The second kappa shape index (κ2) is 2.84. The third kappa shape index (κ3) is 1.29. The van der Waals surface area contributed by atoms with Crippen LogP contribution < -0.4 is 11.5 Å². The van der Waals surface area contributed by atoms with Crippen LogP contribution in [0.15, 0.2) is 0 Å². The monoisotopic (exact) mass is 147 g/mol. The molecule has 4 nitrogen and oxygen atoms in total. The third-order valence-electron chi connectivity index (χ3n) is 2.19. The van der Waals surface area contributed by atoms with E-state index in [2.05, 4.69) is 5.73 Å². The van der Waals surface area contributed by atoms with Crippen LogP contribution in [0.2, 0.25) is 0 Å². The molecule has 0 saturated heterocycles. The number of aliphatic hydroxyl groups is 2. The summed E-state index contributed by atoms with van der Waals surface area (Å²) >= 11 is 0. The molecule has 0 aromatic carbocycles. The zero-order valence-electron chi connectivity index (χ0n) is 5.90. The molecule has 4 heteroatoms. The molecular weight excluding hydrogens is 132 g/mol. The molecule has 0 bridgehead atoms. The second-order valence-corrected chi connectivity index (χ2v) is 2.95. The van der Waals surface area contributed by atoms with E-state index in [4.69, 9.17) is 5.73 Å². The molecule has 4 atom stereocenters. The molecule has 1 saturated carbocycles. The normalized spacial score (nSPS) is 49.2. The summed E-state index contributed by atoms with van der Waals surface area (Å²) in [5, 5.41) is 18.4. The molecule has 0 radical (unpaired) electrons. The van der Waals surface area contributed by atoms with Gasteiger partial charge in [0.25, 0.3) is 0 Å². The molecule has 0 amide bonds. The van der Waals surface area contributed by atoms with Gasteiger partial charge in [-0.3, -0.25) is 0 Å². The van der Waals surface area contributed by atoms with Gasteiger partial charge in [-0.1, -0.05) is 0 Å². The molecule has 0 aromatic heterocycles. The third-order valence-corrected chi connectivity index (χ3v) is 2.19. The molecule has 10 heavy (non-hydrogen) atoms.